The lowest BCUT2D eigenvalue weighted by Gasteiger charge is -2.16. The van der Waals surface area contributed by atoms with E-state index in [-0.39, 0.29) is 0 Å². The van der Waals surface area contributed by atoms with Crippen LogP contribution in [0.5, 0.6) is 0 Å². The third-order valence-electron chi connectivity index (χ3n) is 4.24. The molecule has 0 amide bonds. The first-order valence-electron chi connectivity index (χ1n) is 7.66. The van der Waals surface area contributed by atoms with E-state index in [4.69, 9.17) is 0 Å². The van der Waals surface area contributed by atoms with Crippen molar-refractivity contribution in [3.63, 3.8) is 0 Å². The van der Waals surface area contributed by atoms with Gasteiger partial charge in [-0.1, -0.05) is 54.6 Å². The molecule has 0 nitrogen and oxygen atoms in total. The smallest absolute Gasteiger partial charge is 0.00791 e. The van der Waals surface area contributed by atoms with Crippen LogP contribution in [-0.4, -0.2) is 0 Å². The predicted molar refractivity (Wildman–Crippen MR) is 90.9 cm³/mol. The van der Waals surface area contributed by atoms with Crippen LogP contribution < -0.4 is 10.4 Å². The quantitative estimate of drug-likeness (QED) is 0.690. The maximum atomic E-state index is 3.25. The molecule has 0 heterocycles. The highest BCUT2D eigenvalue weighted by atomic mass is 14.1. The maximum Gasteiger partial charge on any atom is -0.00791 e. The van der Waals surface area contributed by atoms with E-state index in [1.54, 1.807) is 11.1 Å². The summed E-state index contributed by atoms with van der Waals surface area (Å²) in [5.74, 6) is 0. The van der Waals surface area contributed by atoms with E-state index in [1.165, 1.54) is 46.2 Å². The second-order valence-electron chi connectivity index (χ2n) is 5.54. The molecule has 2 aliphatic rings. The minimum Gasteiger partial charge on any atom is -0.103 e. The molecule has 1 radical (unpaired) electrons. The van der Waals surface area contributed by atoms with Crippen molar-refractivity contribution < 1.29 is 0 Å². The van der Waals surface area contributed by atoms with E-state index in [0.29, 0.717) is 0 Å². The van der Waals surface area contributed by atoms with Crippen LogP contribution in [0.4, 0.5) is 0 Å². The van der Waals surface area contributed by atoms with Crippen LogP contribution in [-0.2, 0) is 12.8 Å². The molecule has 0 aromatic heterocycles. The summed E-state index contributed by atoms with van der Waals surface area (Å²) in [5, 5.41) is 5.74. The molecule has 0 spiro atoms. The molecule has 0 saturated heterocycles. The largest absolute Gasteiger partial charge is 0.103 e. The molecule has 0 saturated carbocycles. The van der Waals surface area contributed by atoms with Gasteiger partial charge in [-0.2, -0.15) is 0 Å². The van der Waals surface area contributed by atoms with Crippen molar-refractivity contribution in [1.29, 1.82) is 0 Å². The van der Waals surface area contributed by atoms with Gasteiger partial charge in [0.15, 0.2) is 0 Å². The van der Waals surface area contributed by atoms with E-state index in [9.17, 15) is 0 Å². The molecule has 21 heavy (non-hydrogen) atoms. The molecule has 0 fully saturated rings. The Morgan fingerprint density at radius 1 is 0.857 bits per heavy atom. The van der Waals surface area contributed by atoms with Crippen molar-refractivity contribution in [2.24, 2.45) is 0 Å². The van der Waals surface area contributed by atoms with Crippen molar-refractivity contribution in [2.75, 3.05) is 0 Å². The SMILES string of the molecule is C1=c2ccc3c(c2CCC1)CC=c1ccccc1=3.[CH2]C=C. The van der Waals surface area contributed by atoms with Gasteiger partial charge in [-0.15, -0.1) is 6.58 Å². The van der Waals surface area contributed by atoms with Crippen LogP contribution in [0.1, 0.15) is 24.0 Å². The Kier molecular flexibility index (Phi) is 4.06. The van der Waals surface area contributed by atoms with E-state index < -0.39 is 0 Å². The van der Waals surface area contributed by atoms with Crippen LogP contribution in [0.15, 0.2) is 49.1 Å². The third kappa shape index (κ3) is 2.58. The fraction of sp³-hybridized carbons (Fsp3) is 0.190. The van der Waals surface area contributed by atoms with Gasteiger partial charge >= 0.3 is 0 Å². The Morgan fingerprint density at radius 2 is 1.67 bits per heavy atom. The van der Waals surface area contributed by atoms with E-state index in [0.717, 1.165) is 6.42 Å². The van der Waals surface area contributed by atoms with Gasteiger partial charge in [0.25, 0.3) is 0 Å². The van der Waals surface area contributed by atoms with Crippen LogP contribution in [0.25, 0.3) is 12.2 Å². The lowest BCUT2D eigenvalue weighted by atomic mass is 9.89. The standard InChI is InChI=1S/C18H16.C3H5/c1-3-7-15-13(5-1)9-11-18-16-8-4-2-6-14(16)10-12-17(15)18;1-3-2/h1,3,5-7,9-10,12H,2,4,8,11H2;3H,1-2H2. The molecule has 2 aliphatic carbocycles. The Labute approximate surface area is 126 Å². The van der Waals surface area contributed by atoms with Gasteiger partial charge < -0.3 is 0 Å². The summed E-state index contributed by atoms with van der Waals surface area (Å²) in [6.07, 6.45) is 11.2. The first-order valence-corrected chi connectivity index (χ1v) is 7.66. The van der Waals surface area contributed by atoms with Gasteiger partial charge in [0.05, 0.1) is 0 Å². The number of hydrogen-bond donors (Lipinski definition) is 0. The topological polar surface area (TPSA) is 0 Å². The van der Waals surface area contributed by atoms with E-state index in [2.05, 4.69) is 62.1 Å². The molecular formula is C21H21. The van der Waals surface area contributed by atoms with Crippen molar-refractivity contribution >= 4 is 12.2 Å². The molecular weight excluding hydrogens is 252 g/mol. The summed E-state index contributed by atoms with van der Waals surface area (Å²) in [4.78, 5) is 0. The highest BCUT2D eigenvalue weighted by Crippen LogP contribution is 2.17. The zero-order valence-corrected chi connectivity index (χ0v) is 12.4. The first-order chi connectivity index (χ1) is 10.3. The lowest BCUT2D eigenvalue weighted by Crippen LogP contribution is -2.19. The number of allylic oxidation sites excluding steroid dienone is 1. The molecule has 0 atom stereocenters. The molecule has 0 bridgehead atoms. The molecule has 2 aromatic rings. The fourth-order valence-electron chi connectivity index (χ4n) is 3.35. The predicted octanol–water partition coefficient (Wildman–Crippen LogP) is 3.43. The van der Waals surface area contributed by atoms with E-state index >= 15 is 0 Å². The molecule has 2 aromatic carbocycles. The molecule has 4 rings (SSSR count). The van der Waals surface area contributed by atoms with Crippen LogP contribution in [0, 0.1) is 17.4 Å². The summed E-state index contributed by atoms with van der Waals surface area (Å²) in [7, 11) is 0. The molecule has 105 valence electrons. The van der Waals surface area contributed by atoms with Crippen molar-refractivity contribution in [3.8, 4) is 0 Å². The van der Waals surface area contributed by atoms with E-state index in [1.807, 2.05) is 0 Å². The summed E-state index contributed by atoms with van der Waals surface area (Å²) in [6.45, 7) is 6.50. The van der Waals surface area contributed by atoms with Crippen molar-refractivity contribution in [3.05, 3.63) is 88.0 Å². The van der Waals surface area contributed by atoms with Gasteiger partial charge in [-0.25, -0.2) is 0 Å². The lowest BCUT2D eigenvalue weighted by molar-refractivity contribution is 0.824. The second-order valence-corrected chi connectivity index (χ2v) is 5.54. The zero-order chi connectivity index (χ0) is 14.7. The summed E-state index contributed by atoms with van der Waals surface area (Å²) >= 11 is 0. The summed E-state index contributed by atoms with van der Waals surface area (Å²) in [6, 6.07) is 13.4. The Morgan fingerprint density at radius 3 is 2.52 bits per heavy atom. The Hall–Kier alpha value is -2.08. The molecule has 0 aliphatic heterocycles. The maximum absolute atomic E-state index is 3.25. The summed E-state index contributed by atoms with van der Waals surface area (Å²) in [5.41, 5.74) is 3.17. The average molecular weight is 273 g/mol. The van der Waals surface area contributed by atoms with Crippen molar-refractivity contribution in [2.45, 2.75) is 25.7 Å². The Bertz CT molecular complexity index is 869. The highest BCUT2D eigenvalue weighted by molar-refractivity contribution is 5.47. The number of fused-ring (bicyclic) bond motifs is 4. The first kappa shape index (κ1) is 13.9. The summed E-state index contributed by atoms with van der Waals surface area (Å²) < 4.78 is 0. The fourth-order valence-corrected chi connectivity index (χ4v) is 3.35. The minimum absolute atomic E-state index is 1.10. The van der Waals surface area contributed by atoms with Crippen molar-refractivity contribution in [1.82, 2.24) is 0 Å². The number of benzene rings is 2. The van der Waals surface area contributed by atoms with Gasteiger partial charge in [-0.3, -0.25) is 0 Å². The number of rotatable bonds is 0. The number of hydrogen-bond acceptors (Lipinski definition) is 0. The monoisotopic (exact) mass is 273 g/mol. The molecule has 0 heteroatoms. The molecule has 0 N–H and O–H groups in total. The second kappa shape index (κ2) is 6.13. The normalized spacial score (nSPS) is 14.1. The van der Waals surface area contributed by atoms with Gasteiger partial charge in [0.1, 0.15) is 0 Å². The van der Waals surface area contributed by atoms with Crippen LogP contribution in [0.3, 0.4) is 0 Å². The van der Waals surface area contributed by atoms with Crippen LogP contribution in [0.2, 0.25) is 0 Å². The highest BCUT2D eigenvalue weighted by Gasteiger charge is 2.10. The van der Waals surface area contributed by atoms with Gasteiger partial charge in [0, 0.05) is 0 Å². The minimum atomic E-state index is 1.10. The van der Waals surface area contributed by atoms with Gasteiger partial charge in [0.2, 0.25) is 0 Å². The van der Waals surface area contributed by atoms with Gasteiger partial charge in [-0.05, 0) is 64.6 Å². The van der Waals surface area contributed by atoms with Crippen LogP contribution >= 0.6 is 0 Å². The average Bonchev–Trinajstić information content (AvgIpc) is 2.55. The third-order valence-corrected chi connectivity index (χ3v) is 4.24. The molecule has 0 unspecified atom stereocenters. The Balaban J connectivity index is 0.000000409. The zero-order valence-electron chi connectivity index (χ0n) is 12.4.